The molecule has 4 nitrogen and oxygen atoms in total. The van der Waals surface area contributed by atoms with Gasteiger partial charge < -0.3 is 11.1 Å². The minimum atomic E-state index is -0.684. The predicted molar refractivity (Wildman–Crippen MR) is 66.2 cm³/mol. The third-order valence-electron chi connectivity index (χ3n) is 2.46. The first-order valence-electron chi connectivity index (χ1n) is 5.76. The Morgan fingerprint density at radius 3 is 2.53 bits per heavy atom. The second kappa shape index (κ2) is 6.81. The molecule has 0 unspecified atom stereocenters. The number of carbonyl (C=O) groups is 2. The molecular weight excluding hydrogens is 216 g/mol. The van der Waals surface area contributed by atoms with Crippen molar-refractivity contribution >= 4 is 11.7 Å². The van der Waals surface area contributed by atoms with Crippen molar-refractivity contribution in [1.29, 1.82) is 0 Å². The number of Topliss-reactive ketones (excluding diaryl/α,β-unsaturated/α-hetero) is 1. The molecule has 1 aromatic rings. The lowest BCUT2D eigenvalue weighted by Gasteiger charge is -2.09. The van der Waals surface area contributed by atoms with Crippen molar-refractivity contribution in [2.45, 2.75) is 32.4 Å². The monoisotopic (exact) mass is 234 g/mol. The number of hydrogen-bond acceptors (Lipinski definition) is 3. The summed E-state index contributed by atoms with van der Waals surface area (Å²) in [5, 5.41) is 2.57. The molecule has 0 fully saturated rings. The molecule has 1 atom stereocenters. The highest BCUT2D eigenvalue weighted by Crippen LogP contribution is 1.98. The SMILES string of the molecule is CCC[C@H](N)C(=O)C(=O)NCc1ccccc1. The number of benzene rings is 1. The standard InChI is InChI=1S/C13H18N2O2/c1-2-6-11(14)12(16)13(17)15-9-10-7-4-3-5-8-10/h3-5,7-8,11H,2,6,9,14H2,1H3,(H,15,17)/t11-/m0/s1. The second-order valence-electron chi connectivity index (χ2n) is 3.93. The van der Waals surface area contributed by atoms with Gasteiger partial charge in [-0.25, -0.2) is 0 Å². The number of rotatable bonds is 6. The van der Waals surface area contributed by atoms with Gasteiger partial charge in [-0.15, -0.1) is 0 Å². The lowest BCUT2D eigenvalue weighted by molar-refractivity contribution is -0.138. The Balaban J connectivity index is 2.42. The molecule has 92 valence electrons. The van der Waals surface area contributed by atoms with E-state index in [0.29, 0.717) is 13.0 Å². The van der Waals surface area contributed by atoms with Gasteiger partial charge in [0.15, 0.2) is 0 Å². The highest BCUT2D eigenvalue weighted by Gasteiger charge is 2.20. The smallest absolute Gasteiger partial charge is 0.289 e. The fourth-order valence-electron chi connectivity index (χ4n) is 1.48. The highest BCUT2D eigenvalue weighted by molar-refractivity contribution is 6.38. The normalized spacial score (nSPS) is 11.9. The van der Waals surface area contributed by atoms with Crippen LogP contribution in [0.5, 0.6) is 0 Å². The topological polar surface area (TPSA) is 72.2 Å². The number of amides is 1. The van der Waals surface area contributed by atoms with Gasteiger partial charge in [0.25, 0.3) is 5.91 Å². The van der Waals surface area contributed by atoms with Gasteiger partial charge in [0, 0.05) is 6.54 Å². The molecule has 0 aliphatic rings. The summed E-state index contributed by atoms with van der Waals surface area (Å²) in [7, 11) is 0. The minimum absolute atomic E-state index is 0.351. The third kappa shape index (κ3) is 4.36. The maximum Gasteiger partial charge on any atom is 0.289 e. The van der Waals surface area contributed by atoms with E-state index in [-0.39, 0.29) is 0 Å². The van der Waals surface area contributed by atoms with Gasteiger partial charge in [0.1, 0.15) is 0 Å². The quantitative estimate of drug-likeness (QED) is 0.721. The molecule has 0 spiro atoms. The van der Waals surface area contributed by atoms with Gasteiger partial charge in [-0.1, -0.05) is 43.7 Å². The minimum Gasteiger partial charge on any atom is -0.345 e. The second-order valence-corrected chi connectivity index (χ2v) is 3.93. The molecule has 0 aliphatic carbocycles. The van der Waals surface area contributed by atoms with Crippen molar-refractivity contribution in [2.24, 2.45) is 5.73 Å². The van der Waals surface area contributed by atoms with Crippen LogP contribution >= 0.6 is 0 Å². The van der Waals surface area contributed by atoms with Crippen LogP contribution in [0.2, 0.25) is 0 Å². The molecule has 0 aromatic heterocycles. The molecule has 0 saturated heterocycles. The Morgan fingerprint density at radius 2 is 1.94 bits per heavy atom. The van der Waals surface area contributed by atoms with Crippen LogP contribution < -0.4 is 11.1 Å². The fourth-order valence-corrected chi connectivity index (χ4v) is 1.48. The van der Waals surface area contributed by atoms with Crippen LogP contribution in [0.15, 0.2) is 30.3 Å². The first kappa shape index (κ1) is 13.4. The van der Waals surface area contributed by atoms with E-state index >= 15 is 0 Å². The Kier molecular flexibility index (Phi) is 5.36. The highest BCUT2D eigenvalue weighted by atomic mass is 16.2. The fraction of sp³-hybridized carbons (Fsp3) is 0.385. The molecule has 17 heavy (non-hydrogen) atoms. The largest absolute Gasteiger partial charge is 0.345 e. The number of nitrogens with one attached hydrogen (secondary N) is 1. The lowest BCUT2D eigenvalue weighted by Crippen LogP contribution is -2.42. The summed E-state index contributed by atoms with van der Waals surface area (Å²) in [5.74, 6) is -1.14. The Morgan fingerprint density at radius 1 is 1.29 bits per heavy atom. The number of ketones is 1. The van der Waals surface area contributed by atoms with E-state index in [2.05, 4.69) is 5.32 Å². The van der Waals surface area contributed by atoms with Crippen LogP contribution in [0.3, 0.4) is 0 Å². The molecule has 0 aliphatic heterocycles. The molecule has 0 heterocycles. The van der Waals surface area contributed by atoms with E-state index in [1.807, 2.05) is 37.3 Å². The van der Waals surface area contributed by atoms with Crippen molar-refractivity contribution in [3.63, 3.8) is 0 Å². The van der Waals surface area contributed by atoms with Crippen molar-refractivity contribution in [2.75, 3.05) is 0 Å². The van der Waals surface area contributed by atoms with E-state index in [9.17, 15) is 9.59 Å². The maximum absolute atomic E-state index is 11.5. The molecule has 1 amide bonds. The maximum atomic E-state index is 11.5. The first-order valence-corrected chi connectivity index (χ1v) is 5.76. The summed E-state index contributed by atoms with van der Waals surface area (Å²) in [6.07, 6.45) is 1.33. The van der Waals surface area contributed by atoms with Gasteiger partial charge in [0.05, 0.1) is 6.04 Å². The van der Waals surface area contributed by atoms with Crippen molar-refractivity contribution < 1.29 is 9.59 Å². The first-order chi connectivity index (χ1) is 8.15. The average molecular weight is 234 g/mol. The zero-order valence-electron chi connectivity index (χ0n) is 9.98. The summed E-state index contributed by atoms with van der Waals surface area (Å²) in [6, 6.07) is 8.75. The Labute approximate surface area is 101 Å². The van der Waals surface area contributed by atoms with E-state index in [4.69, 9.17) is 5.73 Å². The van der Waals surface area contributed by atoms with Crippen LogP contribution in [0, 0.1) is 0 Å². The van der Waals surface area contributed by atoms with Gasteiger partial charge in [-0.3, -0.25) is 9.59 Å². The number of hydrogen-bond donors (Lipinski definition) is 2. The molecule has 4 heteroatoms. The van der Waals surface area contributed by atoms with Gasteiger partial charge in [-0.05, 0) is 12.0 Å². The van der Waals surface area contributed by atoms with Gasteiger partial charge in [-0.2, -0.15) is 0 Å². The molecular formula is C13H18N2O2. The van der Waals surface area contributed by atoms with Crippen LogP contribution in [0.1, 0.15) is 25.3 Å². The Bertz CT molecular complexity index is 376. The van der Waals surface area contributed by atoms with Crippen LogP contribution in [0.25, 0.3) is 0 Å². The molecule has 0 radical (unpaired) electrons. The zero-order chi connectivity index (χ0) is 12.7. The van der Waals surface area contributed by atoms with Crippen molar-refractivity contribution in [1.82, 2.24) is 5.32 Å². The predicted octanol–water partition coefficient (Wildman–Crippen LogP) is 0.999. The summed E-state index contributed by atoms with van der Waals surface area (Å²) in [4.78, 5) is 23.0. The third-order valence-corrected chi connectivity index (χ3v) is 2.46. The summed E-state index contributed by atoms with van der Waals surface area (Å²) in [6.45, 7) is 2.28. The van der Waals surface area contributed by atoms with E-state index in [1.165, 1.54) is 0 Å². The van der Waals surface area contributed by atoms with Crippen molar-refractivity contribution in [3.8, 4) is 0 Å². The molecule has 0 saturated carbocycles. The molecule has 3 N–H and O–H groups in total. The van der Waals surface area contributed by atoms with Crippen LogP contribution in [-0.4, -0.2) is 17.7 Å². The van der Waals surface area contributed by atoms with E-state index in [1.54, 1.807) is 0 Å². The van der Waals surface area contributed by atoms with E-state index < -0.39 is 17.7 Å². The summed E-state index contributed by atoms with van der Waals surface area (Å²) < 4.78 is 0. The number of carbonyl (C=O) groups excluding carboxylic acids is 2. The molecule has 1 aromatic carbocycles. The zero-order valence-corrected chi connectivity index (χ0v) is 9.98. The van der Waals surface area contributed by atoms with Gasteiger partial charge in [0.2, 0.25) is 5.78 Å². The summed E-state index contributed by atoms with van der Waals surface area (Å²) >= 11 is 0. The average Bonchev–Trinajstić information content (AvgIpc) is 2.36. The Hall–Kier alpha value is -1.68. The molecule has 1 rings (SSSR count). The molecule has 0 bridgehead atoms. The van der Waals surface area contributed by atoms with E-state index in [0.717, 1.165) is 12.0 Å². The summed E-state index contributed by atoms with van der Waals surface area (Å²) in [5.41, 5.74) is 6.54. The van der Waals surface area contributed by atoms with Crippen molar-refractivity contribution in [3.05, 3.63) is 35.9 Å². The van der Waals surface area contributed by atoms with Crippen LogP contribution in [-0.2, 0) is 16.1 Å². The number of nitrogens with two attached hydrogens (primary N) is 1. The van der Waals surface area contributed by atoms with Crippen LogP contribution in [0.4, 0.5) is 0 Å². The van der Waals surface area contributed by atoms with Gasteiger partial charge >= 0.3 is 0 Å². The lowest BCUT2D eigenvalue weighted by atomic mass is 10.1.